The fraction of sp³-hybridized carbons (Fsp3) is 0.429. The van der Waals surface area contributed by atoms with Crippen LogP contribution in [0.15, 0.2) is 36.5 Å². The number of benzene rings is 1. The molecule has 1 aromatic heterocycles. The quantitative estimate of drug-likeness (QED) is 0.883. The number of hydrogen-bond donors (Lipinski definition) is 1. The van der Waals surface area contributed by atoms with E-state index in [9.17, 15) is 0 Å². The molecule has 3 rings (SSSR count). The third-order valence-corrected chi connectivity index (χ3v) is 3.23. The van der Waals surface area contributed by atoms with Gasteiger partial charge in [0, 0.05) is 19.7 Å². The summed E-state index contributed by atoms with van der Waals surface area (Å²) in [4.78, 5) is 1.66. The standard InChI is InChI=1S/C14H18N4O/c1-2-5-13(6-3-1)18-16-10-12(17-18)9-15-11-14-7-4-8-19-14/h1-3,5-6,10,14-15H,4,7-9,11H2. The van der Waals surface area contributed by atoms with Gasteiger partial charge in [-0.3, -0.25) is 0 Å². The number of ether oxygens (including phenoxy) is 1. The molecule has 0 bridgehead atoms. The molecule has 1 N–H and O–H groups in total. The van der Waals surface area contributed by atoms with Crippen LogP contribution in [0, 0.1) is 0 Å². The van der Waals surface area contributed by atoms with Crippen molar-refractivity contribution in [3.8, 4) is 5.69 Å². The normalized spacial score (nSPS) is 18.8. The highest BCUT2D eigenvalue weighted by molar-refractivity contribution is 5.28. The third kappa shape index (κ3) is 3.19. The Labute approximate surface area is 112 Å². The summed E-state index contributed by atoms with van der Waals surface area (Å²) in [5.74, 6) is 0. The first-order valence-electron chi connectivity index (χ1n) is 6.71. The maximum Gasteiger partial charge on any atom is 0.0969 e. The molecule has 0 aliphatic carbocycles. The van der Waals surface area contributed by atoms with Crippen molar-refractivity contribution in [2.45, 2.75) is 25.5 Å². The number of aromatic nitrogens is 3. The molecular weight excluding hydrogens is 240 g/mol. The molecular formula is C14H18N4O. The Morgan fingerprint density at radius 3 is 3.00 bits per heavy atom. The van der Waals surface area contributed by atoms with Gasteiger partial charge in [0.25, 0.3) is 0 Å². The van der Waals surface area contributed by atoms with Crippen LogP contribution in [0.3, 0.4) is 0 Å². The zero-order chi connectivity index (χ0) is 12.9. The van der Waals surface area contributed by atoms with Gasteiger partial charge in [0.2, 0.25) is 0 Å². The van der Waals surface area contributed by atoms with Gasteiger partial charge >= 0.3 is 0 Å². The summed E-state index contributed by atoms with van der Waals surface area (Å²) in [6.07, 6.45) is 4.50. The van der Waals surface area contributed by atoms with Crippen LogP contribution < -0.4 is 5.32 Å². The Morgan fingerprint density at radius 1 is 1.32 bits per heavy atom. The highest BCUT2D eigenvalue weighted by atomic mass is 16.5. The van der Waals surface area contributed by atoms with Gasteiger partial charge in [0.05, 0.1) is 23.7 Å². The molecule has 5 heteroatoms. The van der Waals surface area contributed by atoms with Crippen LogP contribution >= 0.6 is 0 Å². The molecule has 2 heterocycles. The van der Waals surface area contributed by atoms with Crippen LogP contribution in [0.2, 0.25) is 0 Å². The largest absolute Gasteiger partial charge is 0.377 e. The average Bonchev–Trinajstić information content (AvgIpc) is 3.11. The summed E-state index contributed by atoms with van der Waals surface area (Å²) in [5, 5.41) is 12.1. The third-order valence-electron chi connectivity index (χ3n) is 3.23. The van der Waals surface area contributed by atoms with Gasteiger partial charge in [0.15, 0.2) is 0 Å². The fourth-order valence-electron chi connectivity index (χ4n) is 2.23. The van der Waals surface area contributed by atoms with Crippen molar-refractivity contribution < 1.29 is 4.74 Å². The lowest BCUT2D eigenvalue weighted by molar-refractivity contribution is 0.110. The Hall–Kier alpha value is -1.72. The van der Waals surface area contributed by atoms with Crippen molar-refractivity contribution in [1.29, 1.82) is 0 Å². The molecule has 19 heavy (non-hydrogen) atoms. The maximum absolute atomic E-state index is 5.56. The zero-order valence-corrected chi connectivity index (χ0v) is 10.8. The number of nitrogens with one attached hydrogen (secondary N) is 1. The predicted octanol–water partition coefficient (Wildman–Crippen LogP) is 1.54. The predicted molar refractivity (Wildman–Crippen MR) is 72.0 cm³/mol. The Balaban J connectivity index is 1.53. The smallest absolute Gasteiger partial charge is 0.0969 e. The number of nitrogens with zero attached hydrogens (tertiary/aromatic N) is 3. The Morgan fingerprint density at radius 2 is 2.21 bits per heavy atom. The van der Waals surface area contributed by atoms with Crippen molar-refractivity contribution >= 4 is 0 Å². The second kappa shape index (κ2) is 5.95. The molecule has 1 aliphatic heterocycles. The minimum atomic E-state index is 0.365. The summed E-state index contributed by atoms with van der Waals surface area (Å²) in [6, 6.07) is 9.92. The van der Waals surface area contributed by atoms with E-state index in [-0.39, 0.29) is 0 Å². The highest BCUT2D eigenvalue weighted by Crippen LogP contribution is 2.10. The topological polar surface area (TPSA) is 52.0 Å². The minimum absolute atomic E-state index is 0.365. The van der Waals surface area contributed by atoms with E-state index in [4.69, 9.17) is 4.74 Å². The van der Waals surface area contributed by atoms with Gasteiger partial charge in [-0.15, -0.1) is 0 Å². The van der Waals surface area contributed by atoms with Crippen molar-refractivity contribution in [2.75, 3.05) is 13.2 Å². The number of para-hydroxylation sites is 1. The Kier molecular flexibility index (Phi) is 3.86. The van der Waals surface area contributed by atoms with Gasteiger partial charge in [-0.25, -0.2) is 0 Å². The van der Waals surface area contributed by atoms with Gasteiger partial charge in [-0.05, 0) is 25.0 Å². The lowest BCUT2D eigenvalue weighted by atomic mass is 10.2. The maximum atomic E-state index is 5.56. The number of hydrogen-bond acceptors (Lipinski definition) is 4. The summed E-state index contributed by atoms with van der Waals surface area (Å²) in [7, 11) is 0. The van der Waals surface area contributed by atoms with E-state index in [1.807, 2.05) is 30.3 Å². The van der Waals surface area contributed by atoms with Gasteiger partial charge in [-0.1, -0.05) is 18.2 Å². The first-order chi connectivity index (χ1) is 9.42. The van der Waals surface area contributed by atoms with Crippen LogP contribution in [-0.2, 0) is 11.3 Å². The van der Waals surface area contributed by atoms with Crippen LogP contribution in [0.1, 0.15) is 18.5 Å². The van der Waals surface area contributed by atoms with Gasteiger partial charge in [0.1, 0.15) is 0 Å². The van der Waals surface area contributed by atoms with Crippen molar-refractivity contribution in [3.05, 3.63) is 42.2 Å². The average molecular weight is 258 g/mol. The van der Waals surface area contributed by atoms with Crippen molar-refractivity contribution in [3.63, 3.8) is 0 Å². The van der Waals surface area contributed by atoms with E-state index in [2.05, 4.69) is 15.5 Å². The van der Waals surface area contributed by atoms with E-state index in [1.54, 1.807) is 11.0 Å². The van der Waals surface area contributed by atoms with E-state index >= 15 is 0 Å². The molecule has 1 aliphatic rings. The lowest BCUT2D eigenvalue weighted by Crippen LogP contribution is -2.25. The molecule has 0 spiro atoms. The monoisotopic (exact) mass is 258 g/mol. The SMILES string of the molecule is c1ccc(-n2ncc(CNCC3CCCO3)n2)cc1. The van der Waals surface area contributed by atoms with E-state index < -0.39 is 0 Å². The fourth-order valence-corrected chi connectivity index (χ4v) is 2.23. The van der Waals surface area contributed by atoms with Gasteiger partial charge < -0.3 is 10.1 Å². The summed E-state index contributed by atoms with van der Waals surface area (Å²) < 4.78 is 5.56. The molecule has 1 unspecified atom stereocenters. The second-order valence-electron chi connectivity index (χ2n) is 4.73. The molecule has 1 saturated heterocycles. The van der Waals surface area contributed by atoms with E-state index in [0.717, 1.165) is 37.5 Å². The highest BCUT2D eigenvalue weighted by Gasteiger charge is 2.14. The van der Waals surface area contributed by atoms with Crippen molar-refractivity contribution in [2.24, 2.45) is 0 Å². The summed E-state index contributed by atoms with van der Waals surface area (Å²) in [5.41, 5.74) is 1.93. The van der Waals surface area contributed by atoms with Crippen LogP contribution in [0.4, 0.5) is 0 Å². The second-order valence-corrected chi connectivity index (χ2v) is 4.73. The molecule has 1 aromatic carbocycles. The molecule has 1 atom stereocenters. The van der Waals surface area contributed by atoms with Crippen molar-refractivity contribution in [1.82, 2.24) is 20.3 Å². The molecule has 100 valence electrons. The Bertz CT molecular complexity index is 505. The summed E-state index contributed by atoms with van der Waals surface area (Å²) in [6.45, 7) is 2.52. The lowest BCUT2D eigenvalue weighted by Gasteiger charge is -2.09. The van der Waals surface area contributed by atoms with Gasteiger partial charge in [-0.2, -0.15) is 15.0 Å². The molecule has 0 amide bonds. The van der Waals surface area contributed by atoms with Crippen LogP contribution in [-0.4, -0.2) is 34.2 Å². The molecule has 0 radical (unpaired) electrons. The molecule has 1 fully saturated rings. The molecule has 0 saturated carbocycles. The van der Waals surface area contributed by atoms with Crippen LogP contribution in [0.25, 0.3) is 5.69 Å². The first-order valence-corrected chi connectivity index (χ1v) is 6.71. The summed E-state index contributed by atoms with van der Waals surface area (Å²) >= 11 is 0. The molecule has 5 nitrogen and oxygen atoms in total. The first kappa shape index (κ1) is 12.3. The molecule has 2 aromatic rings. The minimum Gasteiger partial charge on any atom is -0.377 e. The zero-order valence-electron chi connectivity index (χ0n) is 10.8. The number of rotatable bonds is 5. The van der Waals surface area contributed by atoms with E-state index in [1.165, 1.54) is 6.42 Å². The van der Waals surface area contributed by atoms with Crippen LogP contribution in [0.5, 0.6) is 0 Å². The van der Waals surface area contributed by atoms with E-state index in [0.29, 0.717) is 6.10 Å².